The third-order valence-corrected chi connectivity index (χ3v) is 26.6. The summed E-state index contributed by atoms with van der Waals surface area (Å²) in [5, 5.41) is 2.44. The van der Waals surface area contributed by atoms with Crippen molar-refractivity contribution in [1.29, 1.82) is 0 Å². The lowest BCUT2D eigenvalue weighted by molar-refractivity contribution is 0.792. The molecule has 500 valence electrons. The Labute approximate surface area is 631 Å². The van der Waals surface area contributed by atoms with E-state index < -0.39 is 16.2 Å². The third kappa shape index (κ3) is 6.92. The van der Waals surface area contributed by atoms with Crippen molar-refractivity contribution in [2.75, 3.05) is 9.80 Å². The van der Waals surface area contributed by atoms with Gasteiger partial charge in [0.15, 0.2) is 0 Å². The van der Waals surface area contributed by atoms with E-state index in [0.29, 0.717) is 0 Å². The topological polar surface area (TPSA) is 11.4 Å². The zero-order chi connectivity index (χ0) is 70.7. The molecule has 2 aliphatic heterocycles. The van der Waals surface area contributed by atoms with Gasteiger partial charge in [-0.2, -0.15) is 0 Å². The second-order valence-corrected chi connectivity index (χ2v) is 31.0. The first-order valence-corrected chi connectivity index (χ1v) is 38.4. The van der Waals surface area contributed by atoms with Gasteiger partial charge in [0, 0.05) is 50.3 Å². The Hall–Kier alpha value is -13.8. The molecule has 0 bridgehead atoms. The van der Waals surface area contributed by atoms with E-state index in [-0.39, 0.29) is 6.71 Å². The van der Waals surface area contributed by atoms with Crippen LogP contribution in [-0.2, 0) is 16.2 Å². The predicted octanol–water partition coefficient (Wildman–Crippen LogP) is 23.6. The first-order valence-electron chi connectivity index (χ1n) is 38.4. The Morgan fingerprint density at radius 2 is 0.606 bits per heavy atom. The van der Waals surface area contributed by atoms with Gasteiger partial charge in [-0.05, 0) is 198 Å². The molecule has 0 amide bonds. The molecule has 0 unspecified atom stereocenters. The number of benzene rings is 17. The summed E-state index contributed by atoms with van der Waals surface area (Å²) in [7, 11) is 0. The van der Waals surface area contributed by atoms with E-state index in [9.17, 15) is 0 Å². The molecule has 0 saturated carbocycles. The summed E-state index contributed by atoms with van der Waals surface area (Å²) < 4.78 is 2.58. The fraction of sp³-hybridized carbons (Fsp3) is 0.0286. The number of para-hydroxylation sites is 2. The second kappa shape index (κ2) is 20.8. The first kappa shape index (κ1) is 58.5. The van der Waals surface area contributed by atoms with Crippen molar-refractivity contribution in [2.45, 2.75) is 16.2 Å². The van der Waals surface area contributed by atoms with Crippen LogP contribution >= 0.6 is 0 Å². The molecule has 0 radical (unpaired) electrons. The molecule has 0 fully saturated rings. The van der Waals surface area contributed by atoms with Crippen LogP contribution in [0.25, 0.3) is 105 Å². The maximum absolute atomic E-state index is 2.81. The average molecular weight is 1380 g/mol. The maximum atomic E-state index is 2.81. The van der Waals surface area contributed by atoms with Gasteiger partial charge in [-0.1, -0.05) is 328 Å². The highest BCUT2D eigenvalue weighted by molar-refractivity contribution is 7.00. The zero-order valence-electron chi connectivity index (χ0n) is 59.2. The third-order valence-electron chi connectivity index (χ3n) is 26.6. The lowest BCUT2D eigenvalue weighted by Crippen LogP contribution is -2.62. The van der Waals surface area contributed by atoms with E-state index in [4.69, 9.17) is 0 Å². The average Bonchev–Trinajstić information content (AvgIpc) is 1.50. The van der Waals surface area contributed by atoms with Gasteiger partial charge in [0.25, 0.3) is 6.71 Å². The second-order valence-electron chi connectivity index (χ2n) is 31.0. The van der Waals surface area contributed by atoms with Crippen LogP contribution in [0.3, 0.4) is 0 Å². The minimum Gasteiger partial charge on any atom is -0.311 e. The van der Waals surface area contributed by atoms with Crippen molar-refractivity contribution in [3.8, 4) is 83.6 Å². The van der Waals surface area contributed by atoms with Crippen molar-refractivity contribution >= 4 is 79.0 Å². The van der Waals surface area contributed by atoms with Crippen LogP contribution in [0, 0.1) is 0 Å². The van der Waals surface area contributed by atoms with Gasteiger partial charge in [-0.3, -0.25) is 0 Å². The Morgan fingerprint density at radius 1 is 0.211 bits per heavy atom. The van der Waals surface area contributed by atoms with Crippen LogP contribution in [0.1, 0.15) is 66.8 Å². The summed E-state index contributed by atoms with van der Waals surface area (Å²) in [5.41, 5.74) is 45.6. The quantitative estimate of drug-likeness (QED) is 0.163. The highest BCUT2D eigenvalue weighted by Crippen LogP contribution is 2.70. The highest BCUT2D eigenvalue weighted by atomic mass is 15.2. The van der Waals surface area contributed by atoms with Gasteiger partial charge in [-0.25, -0.2) is 0 Å². The molecule has 3 heterocycles. The number of nitrogens with zero attached hydrogens (tertiary/aromatic N) is 3. The first-order chi connectivity index (χ1) is 54.1. The Kier molecular flexibility index (Phi) is 11.2. The van der Waals surface area contributed by atoms with Crippen molar-refractivity contribution in [2.24, 2.45) is 0 Å². The number of rotatable bonds is 4. The fourth-order valence-electron chi connectivity index (χ4n) is 22.9. The molecule has 109 heavy (non-hydrogen) atoms. The van der Waals surface area contributed by atoms with E-state index in [1.54, 1.807) is 0 Å². The molecular weight excluding hydrogens is 1310 g/mol. The van der Waals surface area contributed by atoms with Crippen LogP contribution in [0.15, 0.2) is 376 Å². The maximum Gasteiger partial charge on any atom is 0.252 e. The molecule has 0 saturated heterocycles. The molecule has 0 atom stereocenters. The van der Waals surface area contributed by atoms with E-state index in [1.165, 1.54) is 177 Å². The lowest BCUT2D eigenvalue weighted by atomic mass is 9.33. The molecular formula is C105H62BN3. The number of fused-ring (bicyclic) bond motifs is 38. The monoisotopic (exact) mass is 1380 g/mol. The van der Waals surface area contributed by atoms with Crippen LogP contribution < -0.4 is 26.2 Å². The number of anilines is 6. The van der Waals surface area contributed by atoms with Crippen molar-refractivity contribution in [1.82, 2.24) is 4.57 Å². The van der Waals surface area contributed by atoms with Crippen LogP contribution in [-0.4, -0.2) is 11.3 Å². The van der Waals surface area contributed by atoms with E-state index in [0.717, 1.165) is 45.2 Å². The minimum absolute atomic E-state index is 0.280. The molecule has 26 rings (SSSR count). The van der Waals surface area contributed by atoms with Gasteiger partial charge < -0.3 is 14.4 Å². The molecule has 4 heteroatoms. The summed E-state index contributed by atoms with van der Waals surface area (Å²) >= 11 is 0. The standard InChI is InChI=1S/C105H62BN3/c1-2-27-63(28-3-1)64-53-58-95-92(59-64)106-91-57-55-79-74-36-11-23-49-89(74)105(86-46-20-8-33-71(86)72-34-9-21-47-87(72)105)100(79)102(91)108(65-54-56-90-80(60-65)75-37-12-17-43-83(75)103(90)81-41-15-4-29-67(81)68-30-5-16-42-82(68)103)97-61-66(107-93-50-24-13-38-76(93)77-39-14-25-51-94(77)107)62-98(101(97)106)109(95)96-52-26-40-78-73-35-10-22-48-88(73)104(99(78)96)84-44-18-6-31-69(84)70-32-7-19-45-85(70)104/h1-62H. The van der Waals surface area contributed by atoms with Crippen LogP contribution in [0.4, 0.5) is 34.1 Å². The Balaban J connectivity index is 0.849. The van der Waals surface area contributed by atoms with E-state index >= 15 is 0 Å². The SMILES string of the molecule is c1ccc(-c2ccc3c(c2)B2c4ccc5c(c4N(c4ccc6c(c4)-c4ccccc4C64c6ccccc6-c6ccccc64)c4cc(-n6c7ccccc7c7ccccc76)cc(c42)N3c2cccc3c2C2(c4ccccc4-c4ccccc42)c2ccccc2-3)C2(c3ccccc3-c3ccccc32)c2ccccc2-5)cc1. The largest absolute Gasteiger partial charge is 0.311 e. The molecule has 3 spiro atoms. The van der Waals surface area contributed by atoms with Gasteiger partial charge in [0.05, 0.1) is 38.7 Å². The van der Waals surface area contributed by atoms with Gasteiger partial charge in [0.2, 0.25) is 0 Å². The number of hydrogen-bond donors (Lipinski definition) is 0. The van der Waals surface area contributed by atoms with Crippen molar-refractivity contribution in [3.05, 3.63) is 443 Å². The van der Waals surface area contributed by atoms with Crippen LogP contribution in [0.2, 0.25) is 0 Å². The number of aromatic nitrogens is 1. The van der Waals surface area contributed by atoms with Crippen molar-refractivity contribution < 1.29 is 0 Å². The fourth-order valence-corrected chi connectivity index (χ4v) is 22.9. The minimum atomic E-state index is -0.727. The highest BCUT2D eigenvalue weighted by Gasteiger charge is 2.59. The molecule has 0 N–H and O–H groups in total. The van der Waals surface area contributed by atoms with Crippen LogP contribution in [0.5, 0.6) is 0 Å². The summed E-state index contributed by atoms with van der Waals surface area (Å²) in [6, 6.07) is 146. The summed E-state index contributed by atoms with van der Waals surface area (Å²) in [5.74, 6) is 0. The van der Waals surface area contributed by atoms with Gasteiger partial charge in [-0.15, -0.1) is 0 Å². The molecule has 18 aromatic rings. The summed E-state index contributed by atoms with van der Waals surface area (Å²) in [6.07, 6.45) is 0. The van der Waals surface area contributed by atoms with E-state index in [1.807, 2.05) is 0 Å². The summed E-state index contributed by atoms with van der Waals surface area (Å²) in [4.78, 5) is 5.56. The molecule has 6 aliphatic carbocycles. The summed E-state index contributed by atoms with van der Waals surface area (Å²) in [6.45, 7) is -0.280. The number of hydrogen-bond acceptors (Lipinski definition) is 2. The predicted molar refractivity (Wildman–Crippen MR) is 449 cm³/mol. The zero-order valence-corrected chi connectivity index (χ0v) is 59.2. The van der Waals surface area contributed by atoms with Gasteiger partial charge in [0.1, 0.15) is 0 Å². The molecule has 1 aromatic heterocycles. The lowest BCUT2D eigenvalue weighted by Gasteiger charge is -2.47. The van der Waals surface area contributed by atoms with Crippen molar-refractivity contribution in [3.63, 3.8) is 0 Å². The molecule has 17 aromatic carbocycles. The Morgan fingerprint density at radius 3 is 1.11 bits per heavy atom. The smallest absolute Gasteiger partial charge is 0.252 e. The normalized spacial score (nSPS) is 15.0. The molecule has 8 aliphatic rings. The Bertz CT molecular complexity index is 6950. The molecule has 3 nitrogen and oxygen atoms in total. The van der Waals surface area contributed by atoms with Gasteiger partial charge >= 0.3 is 0 Å². The van der Waals surface area contributed by atoms with E-state index in [2.05, 4.69) is 390 Å².